The van der Waals surface area contributed by atoms with E-state index in [2.05, 4.69) is 20.3 Å². The number of nitrogens with zero attached hydrogens (tertiary/aromatic N) is 6. The SMILES string of the molecule is CSc1ccc(-c2noc(Cn3ncn4nc(-c5ccc(F)cc5)cc4c3=O)n2)cc1. The van der Waals surface area contributed by atoms with Gasteiger partial charge in [-0.1, -0.05) is 5.16 Å². The molecule has 2 aromatic carbocycles. The Morgan fingerprint density at radius 1 is 1.06 bits per heavy atom. The van der Waals surface area contributed by atoms with Crippen LogP contribution in [-0.2, 0) is 6.54 Å². The zero-order chi connectivity index (χ0) is 21.4. The maximum Gasteiger partial charge on any atom is 0.293 e. The van der Waals surface area contributed by atoms with Crippen molar-refractivity contribution in [1.29, 1.82) is 0 Å². The first-order chi connectivity index (χ1) is 15.1. The molecule has 0 spiro atoms. The summed E-state index contributed by atoms with van der Waals surface area (Å²) in [4.78, 5) is 18.4. The zero-order valence-electron chi connectivity index (χ0n) is 16.3. The number of rotatable bonds is 5. The molecular weight excluding hydrogens is 419 g/mol. The maximum absolute atomic E-state index is 13.2. The number of hydrogen-bond acceptors (Lipinski definition) is 7. The lowest BCUT2D eigenvalue weighted by atomic mass is 10.1. The molecule has 0 aliphatic heterocycles. The van der Waals surface area contributed by atoms with E-state index >= 15 is 0 Å². The molecule has 0 bridgehead atoms. The van der Waals surface area contributed by atoms with Gasteiger partial charge < -0.3 is 4.52 Å². The largest absolute Gasteiger partial charge is 0.337 e. The topological polar surface area (TPSA) is 91.1 Å². The smallest absolute Gasteiger partial charge is 0.293 e. The second-order valence-corrected chi connectivity index (χ2v) is 7.58. The second kappa shape index (κ2) is 7.80. The van der Waals surface area contributed by atoms with Crippen LogP contribution in [0.3, 0.4) is 0 Å². The van der Waals surface area contributed by atoms with E-state index in [1.54, 1.807) is 30.0 Å². The van der Waals surface area contributed by atoms with Crippen LogP contribution in [0.2, 0.25) is 0 Å². The summed E-state index contributed by atoms with van der Waals surface area (Å²) < 4.78 is 21.1. The number of aromatic nitrogens is 6. The highest BCUT2D eigenvalue weighted by molar-refractivity contribution is 7.98. The van der Waals surface area contributed by atoms with Crippen molar-refractivity contribution in [1.82, 2.24) is 29.5 Å². The van der Waals surface area contributed by atoms with Crippen molar-refractivity contribution in [3.63, 3.8) is 0 Å². The van der Waals surface area contributed by atoms with Crippen molar-refractivity contribution in [2.24, 2.45) is 0 Å². The van der Waals surface area contributed by atoms with Crippen molar-refractivity contribution in [3.05, 3.63) is 83.0 Å². The molecule has 0 amide bonds. The molecule has 0 aliphatic rings. The summed E-state index contributed by atoms with van der Waals surface area (Å²) in [6, 6.07) is 15.3. The van der Waals surface area contributed by atoms with Crippen LogP contribution in [0.15, 0.2) is 75.1 Å². The summed E-state index contributed by atoms with van der Waals surface area (Å²) in [5, 5.41) is 12.5. The van der Waals surface area contributed by atoms with Gasteiger partial charge in [-0.05, 0) is 60.9 Å². The van der Waals surface area contributed by atoms with Crippen LogP contribution >= 0.6 is 11.8 Å². The maximum atomic E-state index is 13.2. The third-order valence-corrected chi connectivity index (χ3v) is 5.47. The van der Waals surface area contributed by atoms with Gasteiger partial charge in [-0.25, -0.2) is 13.6 Å². The van der Waals surface area contributed by atoms with Gasteiger partial charge in [0, 0.05) is 16.0 Å². The fraction of sp³-hybridized carbons (Fsp3) is 0.0952. The Morgan fingerprint density at radius 3 is 2.55 bits per heavy atom. The fourth-order valence-electron chi connectivity index (χ4n) is 3.12. The Hall–Kier alpha value is -3.79. The van der Waals surface area contributed by atoms with Gasteiger partial charge in [0.25, 0.3) is 5.56 Å². The lowest BCUT2D eigenvalue weighted by molar-refractivity contribution is 0.362. The predicted octanol–water partition coefficient (Wildman–Crippen LogP) is 3.52. The average Bonchev–Trinajstić information content (AvgIpc) is 3.44. The highest BCUT2D eigenvalue weighted by Crippen LogP contribution is 2.21. The minimum atomic E-state index is -0.354. The number of hydrogen-bond donors (Lipinski definition) is 0. The van der Waals surface area contributed by atoms with Crippen LogP contribution in [0, 0.1) is 5.82 Å². The van der Waals surface area contributed by atoms with E-state index in [0.717, 1.165) is 10.5 Å². The van der Waals surface area contributed by atoms with E-state index in [1.807, 2.05) is 30.5 Å². The van der Waals surface area contributed by atoms with Gasteiger partial charge in [0.15, 0.2) is 0 Å². The summed E-state index contributed by atoms with van der Waals surface area (Å²) in [5.41, 5.74) is 2.05. The average molecular weight is 434 g/mol. The molecule has 0 saturated carbocycles. The van der Waals surface area contributed by atoms with Crippen molar-refractivity contribution >= 4 is 17.3 Å². The molecule has 0 unspecified atom stereocenters. The van der Waals surface area contributed by atoms with Crippen LogP contribution in [0.4, 0.5) is 4.39 Å². The Labute approximate surface area is 179 Å². The molecule has 0 aliphatic carbocycles. The first-order valence-electron chi connectivity index (χ1n) is 9.29. The van der Waals surface area contributed by atoms with Gasteiger partial charge in [0.05, 0.1) is 5.69 Å². The van der Waals surface area contributed by atoms with E-state index in [4.69, 9.17) is 4.52 Å². The molecule has 8 nitrogen and oxygen atoms in total. The quantitative estimate of drug-likeness (QED) is 0.391. The van der Waals surface area contributed by atoms with Crippen LogP contribution < -0.4 is 5.56 Å². The highest BCUT2D eigenvalue weighted by Gasteiger charge is 2.14. The Morgan fingerprint density at radius 2 is 1.81 bits per heavy atom. The molecule has 5 aromatic rings. The number of halogens is 1. The molecule has 10 heteroatoms. The number of benzene rings is 2. The van der Waals surface area contributed by atoms with Gasteiger partial charge in [-0.15, -0.1) is 11.8 Å². The summed E-state index contributed by atoms with van der Waals surface area (Å²) in [6.07, 6.45) is 3.44. The van der Waals surface area contributed by atoms with Crippen LogP contribution in [-0.4, -0.2) is 35.8 Å². The van der Waals surface area contributed by atoms with Crippen molar-refractivity contribution in [2.75, 3.05) is 6.26 Å². The lowest BCUT2D eigenvalue weighted by Crippen LogP contribution is -2.25. The molecule has 154 valence electrons. The monoisotopic (exact) mass is 434 g/mol. The third-order valence-electron chi connectivity index (χ3n) is 4.73. The fourth-order valence-corrected chi connectivity index (χ4v) is 3.53. The highest BCUT2D eigenvalue weighted by atomic mass is 32.2. The Balaban J connectivity index is 1.43. The molecule has 0 saturated heterocycles. The third kappa shape index (κ3) is 3.73. The molecule has 0 fully saturated rings. The van der Waals surface area contributed by atoms with Crippen molar-refractivity contribution in [3.8, 4) is 22.6 Å². The van der Waals surface area contributed by atoms with Crippen molar-refractivity contribution in [2.45, 2.75) is 11.4 Å². The van der Waals surface area contributed by atoms with E-state index in [1.165, 1.54) is 27.7 Å². The predicted molar refractivity (Wildman–Crippen MR) is 113 cm³/mol. The standard InChI is InChI=1S/C21H15FN6O2S/c1-31-16-8-4-14(5-9-16)20-24-19(30-26-20)11-27-21(29)18-10-17(25-28(18)12-23-27)13-2-6-15(22)7-3-13/h2-10,12H,11H2,1H3. The second-order valence-electron chi connectivity index (χ2n) is 6.70. The summed E-state index contributed by atoms with van der Waals surface area (Å²) >= 11 is 1.65. The molecule has 0 atom stereocenters. The van der Waals surface area contributed by atoms with Gasteiger partial charge in [-0.3, -0.25) is 4.79 Å². The van der Waals surface area contributed by atoms with Crippen molar-refractivity contribution < 1.29 is 8.91 Å². The Bertz CT molecular complexity index is 1420. The van der Waals surface area contributed by atoms with Gasteiger partial charge in [0.1, 0.15) is 24.2 Å². The van der Waals surface area contributed by atoms with E-state index in [-0.39, 0.29) is 23.8 Å². The first kappa shape index (κ1) is 19.2. The van der Waals surface area contributed by atoms with E-state index in [9.17, 15) is 9.18 Å². The molecular formula is C21H15FN6O2S. The lowest BCUT2D eigenvalue weighted by Gasteiger charge is -2.00. The van der Waals surface area contributed by atoms with Crippen LogP contribution in [0.25, 0.3) is 28.2 Å². The molecule has 3 heterocycles. The molecule has 0 N–H and O–H groups in total. The number of thioether (sulfide) groups is 1. The molecule has 5 rings (SSSR count). The minimum absolute atomic E-state index is 0.0300. The first-order valence-corrected chi connectivity index (χ1v) is 10.5. The van der Waals surface area contributed by atoms with Crippen LogP contribution in [0.5, 0.6) is 0 Å². The van der Waals surface area contributed by atoms with Gasteiger partial charge in [-0.2, -0.15) is 15.2 Å². The molecule has 0 radical (unpaired) electrons. The number of fused-ring (bicyclic) bond motifs is 1. The van der Waals surface area contributed by atoms with Gasteiger partial charge in [0.2, 0.25) is 11.7 Å². The zero-order valence-corrected chi connectivity index (χ0v) is 17.1. The van der Waals surface area contributed by atoms with Gasteiger partial charge >= 0.3 is 0 Å². The minimum Gasteiger partial charge on any atom is -0.337 e. The normalized spacial score (nSPS) is 11.3. The van der Waals surface area contributed by atoms with E-state index in [0.29, 0.717) is 22.6 Å². The van der Waals surface area contributed by atoms with E-state index < -0.39 is 0 Å². The Kier molecular flexibility index (Phi) is 4.83. The summed E-state index contributed by atoms with van der Waals surface area (Å²) in [6.45, 7) is 0.0300. The summed E-state index contributed by atoms with van der Waals surface area (Å²) in [5.74, 6) is 0.372. The molecule has 3 aromatic heterocycles. The summed E-state index contributed by atoms with van der Waals surface area (Å²) in [7, 11) is 0. The molecule has 31 heavy (non-hydrogen) atoms. The van der Waals surface area contributed by atoms with Crippen LogP contribution in [0.1, 0.15) is 5.89 Å².